The third-order valence-electron chi connectivity index (χ3n) is 5.24. The van der Waals surface area contributed by atoms with Crippen LogP contribution in [0.25, 0.3) is 11.3 Å². The lowest BCUT2D eigenvalue weighted by Crippen LogP contribution is -2.18. The van der Waals surface area contributed by atoms with Crippen molar-refractivity contribution < 1.29 is 19.0 Å². The molecule has 1 aliphatic heterocycles. The topological polar surface area (TPSA) is 94.6 Å². The number of hydrogen-bond donors (Lipinski definition) is 2. The van der Waals surface area contributed by atoms with Crippen molar-refractivity contribution in [1.82, 2.24) is 9.97 Å². The highest BCUT2D eigenvalue weighted by atomic mass is 16.6. The van der Waals surface area contributed by atoms with E-state index in [1.165, 1.54) is 6.92 Å². The van der Waals surface area contributed by atoms with E-state index in [9.17, 15) is 4.79 Å². The summed E-state index contributed by atoms with van der Waals surface area (Å²) < 4.78 is 17.4. The van der Waals surface area contributed by atoms with Gasteiger partial charge in [0.25, 0.3) is 0 Å². The molecule has 1 aromatic heterocycles. The molecule has 8 heteroatoms. The summed E-state index contributed by atoms with van der Waals surface area (Å²) in [5.74, 6) is 2.06. The van der Waals surface area contributed by atoms with Crippen molar-refractivity contribution in [2.75, 3.05) is 23.8 Å². The minimum atomic E-state index is -0.196. The summed E-state index contributed by atoms with van der Waals surface area (Å²) >= 11 is 0. The van der Waals surface area contributed by atoms with Gasteiger partial charge in [-0.05, 0) is 35.9 Å². The molecule has 8 nitrogen and oxygen atoms in total. The van der Waals surface area contributed by atoms with Gasteiger partial charge in [0.05, 0.1) is 11.4 Å². The monoisotopic (exact) mass is 468 g/mol. The molecular weight excluding hydrogens is 444 g/mol. The highest BCUT2D eigenvalue weighted by Gasteiger charge is 2.19. The number of carbonyl (C=O) groups excluding carboxylic acids is 1. The normalized spacial score (nSPS) is 12.0. The van der Waals surface area contributed by atoms with Crippen molar-refractivity contribution in [3.8, 4) is 28.5 Å². The molecule has 0 fully saturated rings. The van der Waals surface area contributed by atoms with Crippen molar-refractivity contribution >= 4 is 23.2 Å². The molecule has 5 rings (SSSR count). The standard InChI is InChI=1S/C27H24N4O4/c1-18(32)29-24-14-20(15-25-26(24)34-13-12-33-25)23-10-11-28-27(31-23)30-21-8-5-9-22(16-21)35-17-19-6-3-2-4-7-19/h2-11,14-16H,12-13,17H2,1H3,(H,29,32)(H,28,30,31). The lowest BCUT2D eigenvalue weighted by atomic mass is 10.1. The number of fused-ring (bicyclic) bond motifs is 1. The molecular formula is C27H24N4O4. The molecule has 2 heterocycles. The van der Waals surface area contributed by atoms with Gasteiger partial charge >= 0.3 is 0 Å². The fraction of sp³-hybridized carbons (Fsp3) is 0.148. The molecule has 0 unspecified atom stereocenters. The van der Waals surface area contributed by atoms with Crippen molar-refractivity contribution in [3.05, 3.63) is 84.6 Å². The number of ether oxygens (including phenoxy) is 3. The first-order valence-electron chi connectivity index (χ1n) is 11.2. The highest BCUT2D eigenvalue weighted by Crippen LogP contribution is 2.41. The van der Waals surface area contributed by atoms with Gasteiger partial charge in [-0.1, -0.05) is 36.4 Å². The predicted octanol–water partition coefficient (Wildman–Crippen LogP) is 5.20. The first-order chi connectivity index (χ1) is 17.1. The quantitative estimate of drug-likeness (QED) is 0.385. The second-order valence-electron chi connectivity index (χ2n) is 7.92. The molecule has 0 saturated heterocycles. The summed E-state index contributed by atoms with van der Waals surface area (Å²) in [7, 11) is 0. The maximum atomic E-state index is 11.7. The Bertz CT molecular complexity index is 1340. The molecule has 2 N–H and O–H groups in total. The number of nitrogens with zero attached hydrogens (tertiary/aromatic N) is 2. The van der Waals surface area contributed by atoms with E-state index in [0.29, 0.717) is 48.6 Å². The number of carbonyl (C=O) groups is 1. The summed E-state index contributed by atoms with van der Waals surface area (Å²) in [6, 6.07) is 23.1. The van der Waals surface area contributed by atoms with Gasteiger partial charge in [0.15, 0.2) is 11.5 Å². The number of nitrogens with one attached hydrogen (secondary N) is 2. The molecule has 4 aromatic rings. The number of hydrogen-bond acceptors (Lipinski definition) is 7. The minimum absolute atomic E-state index is 0.196. The second kappa shape index (κ2) is 10.1. The molecule has 0 aliphatic carbocycles. The van der Waals surface area contributed by atoms with Crippen LogP contribution in [0.1, 0.15) is 12.5 Å². The minimum Gasteiger partial charge on any atom is -0.489 e. The third-order valence-corrected chi connectivity index (χ3v) is 5.24. The van der Waals surface area contributed by atoms with E-state index >= 15 is 0 Å². The summed E-state index contributed by atoms with van der Waals surface area (Å²) in [4.78, 5) is 20.7. The Hall–Kier alpha value is -4.59. The molecule has 1 aliphatic rings. The first-order valence-corrected chi connectivity index (χ1v) is 11.2. The Labute approximate surface area is 202 Å². The Kier molecular flexibility index (Phi) is 6.43. The van der Waals surface area contributed by atoms with Gasteiger partial charge in [-0.3, -0.25) is 4.79 Å². The SMILES string of the molecule is CC(=O)Nc1cc(-c2ccnc(Nc3cccc(OCc4ccccc4)c3)n2)cc2c1OCCO2. The van der Waals surface area contributed by atoms with Crippen LogP contribution in [0.5, 0.6) is 17.2 Å². The van der Waals surface area contributed by atoms with Gasteiger partial charge in [-0.2, -0.15) is 0 Å². The molecule has 0 spiro atoms. The molecule has 3 aromatic carbocycles. The average molecular weight is 469 g/mol. The van der Waals surface area contributed by atoms with Crippen LogP contribution < -0.4 is 24.8 Å². The average Bonchev–Trinajstić information content (AvgIpc) is 2.88. The summed E-state index contributed by atoms with van der Waals surface area (Å²) in [5.41, 5.74) is 3.88. The summed E-state index contributed by atoms with van der Waals surface area (Å²) in [6.07, 6.45) is 1.68. The van der Waals surface area contributed by atoms with Crippen LogP contribution in [0.3, 0.4) is 0 Å². The van der Waals surface area contributed by atoms with E-state index in [0.717, 1.165) is 22.6 Å². The fourth-order valence-electron chi connectivity index (χ4n) is 3.70. The Balaban J connectivity index is 1.36. The molecule has 0 bridgehead atoms. The smallest absolute Gasteiger partial charge is 0.227 e. The molecule has 1 amide bonds. The van der Waals surface area contributed by atoms with Gasteiger partial charge in [0.1, 0.15) is 25.6 Å². The van der Waals surface area contributed by atoms with Crippen LogP contribution in [0.15, 0.2) is 79.0 Å². The van der Waals surface area contributed by atoms with Crippen LogP contribution >= 0.6 is 0 Å². The van der Waals surface area contributed by atoms with Gasteiger partial charge in [-0.25, -0.2) is 9.97 Å². The van der Waals surface area contributed by atoms with Crippen molar-refractivity contribution in [1.29, 1.82) is 0 Å². The number of rotatable bonds is 7. The van der Waals surface area contributed by atoms with Crippen molar-refractivity contribution in [3.63, 3.8) is 0 Å². The van der Waals surface area contributed by atoms with E-state index in [-0.39, 0.29) is 5.91 Å². The van der Waals surface area contributed by atoms with Crippen molar-refractivity contribution in [2.45, 2.75) is 13.5 Å². The Morgan fingerprint density at radius 1 is 1.00 bits per heavy atom. The third kappa shape index (κ3) is 5.50. The van der Waals surface area contributed by atoms with E-state index in [1.807, 2.05) is 66.7 Å². The van der Waals surface area contributed by atoms with Crippen LogP contribution in [0.2, 0.25) is 0 Å². The number of amides is 1. The second-order valence-corrected chi connectivity index (χ2v) is 7.92. The Morgan fingerprint density at radius 3 is 2.71 bits per heavy atom. The largest absolute Gasteiger partial charge is 0.489 e. The predicted molar refractivity (Wildman–Crippen MR) is 133 cm³/mol. The van der Waals surface area contributed by atoms with Crippen LogP contribution in [0, 0.1) is 0 Å². The number of aromatic nitrogens is 2. The highest BCUT2D eigenvalue weighted by molar-refractivity contribution is 5.92. The first kappa shape index (κ1) is 22.2. The van der Waals surface area contributed by atoms with Crippen LogP contribution in [-0.2, 0) is 11.4 Å². The van der Waals surface area contributed by atoms with Gasteiger partial charge in [-0.15, -0.1) is 0 Å². The fourth-order valence-corrected chi connectivity index (χ4v) is 3.70. The van der Waals surface area contributed by atoms with E-state index in [2.05, 4.69) is 20.6 Å². The number of benzene rings is 3. The molecule has 0 radical (unpaired) electrons. The molecule has 0 atom stereocenters. The maximum absolute atomic E-state index is 11.7. The zero-order valence-corrected chi connectivity index (χ0v) is 19.2. The maximum Gasteiger partial charge on any atom is 0.227 e. The van der Waals surface area contributed by atoms with E-state index < -0.39 is 0 Å². The summed E-state index contributed by atoms with van der Waals surface area (Å²) in [6.45, 7) is 2.80. The molecule has 176 valence electrons. The zero-order valence-electron chi connectivity index (χ0n) is 19.2. The molecule has 35 heavy (non-hydrogen) atoms. The zero-order chi connectivity index (χ0) is 24.0. The van der Waals surface area contributed by atoms with E-state index in [4.69, 9.17) is 14.2 Å². The van der Waals surface area contributed by atoms with Crippen LogP contribution in [0.4, 0.5) is 17.3 Å². The Morgan fingerprint density at radius 2 is 1.86 bits per heavy atom. The van der Waals surface area contributed by atoms with Gasteiger partial charge in [0, 0.05) is 30.4 Å². The van der Waals surface area contributed by atoms with Gasteiger partial charge in [0.2, 0.25) is 11.9 Å². The lowest BCUT2D eigenvalue weighted by Gasteiger charge is -2.22. The van der Waals surface area contributed by atoms with Crippen molar-refractivity contribution in [2.24, 2.45) is 0 Å². The van der Waals surface area contributed by atoms with Crippen LogP contribution in [-0.4, -0.2) is 29.1 Å². The summed E-state index contributed by atoms with van der Waals surface area (Å²) in [5, 5.41) is 6.04. The van der Waals surface area contributed by atoms with Gasteiger partial charge < -0.3 is 24.8 Å². The molecule has 0 saturated carbocycles. The lowest BCUT2D eigenvalue weighted by molar-refractivity contribution is -0.114. The van der Waals surface area contributed by atoms with E-state index in [1.54, 1.807) is 12.3 Å². The number of anilines is 3.